The van der Waals surface area contributed by atoms with Gasteiger partial charge in [0.2, 0.25) is 5.91 Å². The number of carbonyl (C=O) groups is 3. The second-order valence-electron chi connectivity index (χ2n) is 8.49. The van der Waals surface area contributed by atoms with Gasteiger partial charge in [-0.15, -0.1) is 0 Å². The number of hydrogen-bond acceptors (Lipinski definition) is 7. The number of nitrogens with zero attached hydrogens (tertiary/aromatic N) is 1. The summed E-state index contributed by atoms with van der Waals surface area (Å²) in [4.78, 5) is 41.9. The van der Waals surface area contributed by atoms with Crippen LogP contribution in [0.5, 0.6) is 0 Å². The van der Waals surface area contributed by atoms with Gasteiger partial charge in [-0.1, -0.05) is 11.6 Å². The molecule has 3 amide bonds. The Morgan fingerprint density at radius 3 is 2.55 bits per heavy atom. The maximum absolute atomic E-state index is 12.8. The Hall–Kier alpha value is -2.85. The van der Waals surface area contributed by atoms with E-state index in [9.17, 15) is 14.4 Å². The molecule has 2 fully saturated rings. The van der Waals surface area contributed by atoms with Crippen molar-refractivity contribution in [3.63, 3.8) is 0 Å². The second kappa shape index (κ2) is 10.8. The van der Waals surface area contributed by atoms with E-state index >= 15 is 0 Å². The number of nitrogens with one attached hydrogen (secondary N) is 5. The van der Waals surface area contributed by atoms with Crippen molar-refractivity contribution in [1.29, 1.82) is 0 Å². The number of rotatable bonds is 7. The number of halogens is 1. The quantitative estimate of drug-likeness (QED) is 0.396. The molecule has 1 aromatic heterocycles. The summed E-state index contributed by atoms with van der Waals surface area (Å²) in [5.74, 6) is -0.893. The lowest BCUT2D eigenvalue weighted by Crippen LogP contribution is -2.42. The van der Waals surface area contributed by atoms with Crippen molar-refractivity contribution in [1.82, 2.24) is 26.3 Å². The van der Waals surface area contributed by atoms with Gasteiger partial charge in [-0.3, -0.25) is 19.4 Å². The van der Waals surface area contributed by atoms with Crippen LogP contribution in [0.4, 0.5) is 5.69 Å². The van der Waals surface area contributed by atoms with E-state index in [1.807, 2.05) is 0 Å². The van der Waals surface area contributed by atoms with Crippen LogP contribution < -0.4 is 26.6 Å². The molecule has 10 nitrogen and oxygen atoms in total. The van der Waals surface area contributed by atoms with Crippen LogP contribution in [0.25, 0.3) is 0 Å². The number of carbonyl (C=O) groups excluding carboxylic acids is 3. The van der Waals surface area contributed by atoms with E-state index in [2.05, 4.69) is 31.6 Å². The Morgan fingerprint density at radius 1 is 1.09 bits per heavy atom. The second-order valence-corrected chi connectivity index (χ2v) is 8.90. The van der Waals surface area contributed by atoms with Gasteiger partial charge in [0.1, 0.15) is 11.4 Å². The number of amides is 3. The monoisotopic (exact) mass is 476 g/mol. The Morgan fingerprint density at radius 2 is 1.85 bits per heavy atom. The average Bonchev–Trinajstić information content (AvgIpc) is 3.52. The van der Waals surface area contributed by atoms with Crippen molar-refractivity contribution in [2.45, 2.75) is 50.7 Å². The fourth-order valence-corrected chi connectivity index (χ4v) is 4.50. The zero-order chi connectivity index (χ0) is 23.2. The molecule has 0 spiro atoms. The van der Waals surface area contributed by atoms with Crippen molar-refractivity contribution in [3.05, 3.63) is 34.9 Å². The van der Waals surface area contributed by atoms with Crippen molar-refractivity contribution >= 4 is 35.0 Å². The molecule has 1 unspecified atom stereocenters. The van der Waals surface area contributed by atoms with Crippen LogP contribution in [-0.2, 0) is 19.1 Å². The summed E-state index contributed by atoms with van der Waals surface area (Å²) < 4.78 is 5.52. The number of hydrogen-bond donors (Lipinski definition) is 5. The minimum atomic E-state index is -0.324. The lowest BCUT2D eigenvalue weighted by molar-refractivity contribution is -0.122. The molecule has 1 aliphatic carbocycles. The largest absolute Gasteiger partial charge is 0.376 e. The predicted molar refractivity (Wildman–Crippen MR) is 122 cm³/mol. The van der Waals surface area contributed by atoms with E-state index in [0.717, 1.165) is 19.4 Å². The highest BCUT2D eigenvalue weighted by Crippen LogP contribution is 2.27. The Kier molecular flexibility index (Phi) is 7.66. The first-order valence-corrected chi connectivity index (χ1v) is 11.7. The van der Waals surface area contributed by atoms with E-state index < -0.39 is 0 Å². The van der Waals surface area contributed by atoms with Crippen LogP contribution >= 0.6 is 11.6 Å². The summed E-state index contributed by atoms with van der Waals surface area (Å²) in [5, 5.41) is 15.0. The van der Waals surface area contributed by atoms with E-state index in [0.29, 0.717) is 49.6 Å². The Balaban J connectivity index is 1.25. The highest BCUT2D eigenvalue weighted by molar-refractivity contribution is 6.33. The third-order valence-corrected chi connectivity index (χ3v) is 6.54. The first-order valence-electron chi connectivity index (χ1n) is 11.3. The van der Waals surface area contributed by atoms with E-state index in [1.54, 1.807) is 12.3 Å². The minimum Gasteiger partial charge on any atom is -0.376 e. The van der Waals surface area contributed by atoms with Crippen molar-refractivity contribution in [2.24, 2.45) is 5.92 Å². The molecular weight excluding hydrogens is 448 g/mol. The molecule has 2 aliphatic heterocycles. The maximum Gasteiger partial charge on any atom is 0.269 e. The molecule has 3 aliphatic rings. The van der Waals surface area contributed by atoms with Gasteiger partial charge in [0.25, 0.3) is 11.8 Å². The molecule has 5 N–H and O–H groups in total. The van der Waals surface area contributed by atoms with Gasteiger partial charge in [0.15, 0.2) is 0 Å². The van der Waals surface area contributed by atoms with Gasteiger partial charge >= 0.3 is 0 Å². The summed E-state index contributed by atoms with van der Waals surface area (Å²) in [6.45, 7) is 1.46. The van der Waals surface area contributed by atoms with Gasteiger partial charge in [0, 0.05) is 31.3 Å². The van der Waals surface area contributed by atoms with Crippen molar-refractivity contribution in [2.75, 3.05) is 25.1 Å². The molecule has 4 rings (SSSR count). The van der Waals surface area contributed by atoms with E-state index in [-0.39, 0.29) is 47.2 Å². The maximum atomic E-state index is 12.8. The molecule has 3 heterocycles. The molecular formula is C22H29ClN6O4. The minimum absolute atomic E-state index is 0.0303. The summed E-state index contributed by atoms with van der Waals surface area (Å²) in [5.41, 5.74) is 0.981. The normalized spacial score (nSPS) is 24.6. The standard InChI is InChI=1S/C22H29ClN6O4/c23-16-7-8-24-11-17(16)29-20(30)13-3-5-14(6-4-13)28-22(32)19-18(26-12-27-19)21(31)25-10-15-2-1-9-33-15/h7-8,11,13-15,26-27H,1-6,9-10,12H2,(H,25,31)(H,28,32)(H,29,30)/t13-,14-,15?. The lowest BCUT2D eigenvalue weighted by Gasteiger charge is -2.28. The summed E-state index contributed by atoms with van der Waals surface area (Å²) in [7, 11) is 0. The Bertz CT molecular complexity index is 925. The highest BCUT2D eigenvalue weighted by atomic mass is 35.5. The van der Waals surface area contributed by atoms with Gasteiger partial charge < -0.3 is 31.3 Å². The summed E-state index contributed by atoms with van der Waals surface area (Å²) in [6.07, 6.45) is 7.68. The molecule has 1 saturated heterocycles. The zero-order valence-corrected chi connectivity index (χ0v) is 19.0. The first-order chi connectivity index (χ1) is 16.0. The third-order valence-electron chi connectivity index (χ3n) is 6.21. The molecule has 178 valence electrons. The fourth-order valence-electron chi connectivity index (χ4n) is 4.35. The van der Waals surface area contributed by atoms with Crippen LogP contribution in [0, 0.1) is 5.92 Å². The summed E-state index contributed by atoms with van der Waals surface area (Å²) >= 11 is 6.08. The Labute approximate surface area is 197 Å². The van der Waals surface area contributed by atoms with Crippen molar-refractivity contribution in [3.8, 4) is 0 Å². The number of anilines is 1. The van der Waals surface area contributed by atoms with Crippen LogP contribution in [0.15, 0.2) is 29.9 Å². The molecule has 1 saturated carbocycles. The lowest BCUT2D eigenvalue weighted by atomic mass is 9.85. The van der Waals surface area contributed by atoms with Gasteiger partial charge in [-0.2, -0.15) is 0 Å². The van der Waals surface area contributed by atoms with Crippen LogP contribution in [0.3, 0.4) is 0 Å². The smallest absolute Gasteiger partial charge is 0.269 e. The SMILES string of the molecule is O=C(NCC1CCCO1)C1=C(C(=O)N[C@H]2CC[C@H](C(=O)Nc3cnccc3Cl)CC2)NCN1. The van der Waals surface area contributed by atoms with Crippen LogP contribution in [-0.4, -0.2) is 54.7 Å². The third kappa shape index (κ3) is 5.94. The molecule has 1 aromatic rings. The number of ether oxygens (including phenoxy) is 1. The van der Waals surface area contributed by atoms with Gasteiger partial charge in [0.05, 0.1) is 29.7 Å². The van der Waals surface area contributed by atoms with Gasteiger partial charge in [-0.05, 0) is 44.6 Å². The van der Waals surface area contributed by atoms with Crippen LogP contribution in [0.2, 0.25) is 5.02 Å². The molecule has 0 aromatic carbocycles. The average molecular weight is 477 g/mol. The number of pyridine rings is 1. The highest BCUT2D eigenvalue weighted by Gasteiger charge is 2.31. The molecule has 33 heavy (non-hydrogen) atoms. The van der Waals surface area contributed by atoms with E-state index in [4.69, 9.17) is 16.3 Å². The fraction of sp³-hybridized carbons (Fsp3) is 0.545. The molecule has 0 radical (unpaired) electrons. The first kappa shape index (κ1) is 23.3. The van der Waals surface area contributed by atoms with Gasteiger partial charge in [-0.25, -0.2) is 0 Å². The van der Waals surface area contributed by atoms with E-state index in [1.165, 1.54) is 6.20 Å². The van der Waals surface area contributed by atoms with Crippen molar-refractivity contribution < 1.29 is 19.1 Å². The molecule has 11 heteroatoms. The number of aromatic nitrogens is 1. The predicted octanol–water partition coefficient (Wildman–Crippen LogP) is 1.01. The topological polar surface area (TPSA) is 133 Å². The summed E-state index contributed by atoms with van der Waals surface area (Å²) in [6, 6.07) is 1.57. The zero-order valence-electron chi connectivity index (χ0n) is 18.3. The van der Waals surface area contributed by atoms with Crippen LogP contribution in [0.1, 0.15) is 38.5 Å². The molecule has 0 bridgehead atoms. The molecule has 1 atom stereocenters.